The van der Waals surface area contributed by atoms with Crippen LogP contribution >= 0.6 is 0 Å². The second-order valence-corrected chi connectivity index (χ2v) is 6.66. The highest BCUT2D eigenvalue weighted by atomic mass is 32.2. The van der Waals surface area contributed by atoms with Gasteiger partial charge in [0.2, 0.25) is 0 Å². The third-order valence-electron chi connectivity index (χ3n) is 3.28. The minimum Gasteiger partial charge on any atom is -0.367 e. The maximum atomic E-state index is 10.5. The summed E-state index contributed by atoms with van der Waals surface area (Å²) in [6.45, 7) is 0. The summed E-state index contributed by atoms with van der Waals surface area (Å²) in [4.78, 5) is 3.06. The first-order chi connectivity index (χ1) is 9.08. The number of aryl methyl sites for hydroxylation is 1. The maximum absolute atomic E-state index is 10.5. The van der Waals surface area contributed by atoms with Crippen molar-refractivity contribution < 1.29 is 13.0 Å². The molecule has 110 valence electrons. The Morgan fingerprint density at radius 3 is 2.05 bits per heavy atom. The topological polar surface area (TPSA) is 70.2 Å². The third kappa shape index (κ3) is 9.73. The van der Waals surface area contributed by atoms with Gasteiger partial charge in [-0.25, -0.2) is 0 Å². The quantitative estimate of drug-likeness (QED) is 0.483. The van der Waals surface area contributed by atoms with Gasteiger partial charge in [0.05, 0.1) is 5.75 Å². The van der Waals surface area contributed by atoms with Crippen molar-refractivity contribution in [2.24, 2.45) is 0 Å². The molecule has 1 aromatic heterocycles. The van der Waals surface area contributed by atoms with Crippen LogP contribution in [-0.4, -0.2) is 23.7 Å². The zero-order valence-electron chi connectivity index (χ0n) is 11.5. The molecule has 1 rings (SSSR count). The molecule has 0 atom stereocenters. The molecule has 0 bridgehead atoms. The van der Waals surface area contributed by atoms with E-state index >= 15 is 0 Å². The largest absolute Gasteiger partial charge is 0.367 e. The molecule has 0 saturated heterocycles. The highest BCUT2D eigenvalue weighted by molar-refractivity contribution is 7.85. The molecule has 5 heteroatoms. The summed E-state index contributed by atoms with van der Waals surface area (Å²) >= 11 is 0. The van der Waals surface area contributed by atoms with Crippen LogP contribution in [0.3, 0.4) is 0 Å². The van der Waals surface area contributed by atoms with Gasteiger partial charge < -0.3 is 4.98 Å². The Morgan fingerprint density at radius 1 is 0.947 bits per heavy atom. The fraction of sp³-hybridized carbons (Fsp3) is 0.714. The van der Waals surface area contributed by atoms with Crippen LogP contribution in [0.2, 0.25) is 0 Å². The van der Waals surface area contributed by atoms with Gasteiger partial charge in [0.15, 0.2) is 0 Å². The monoisotopic (exact) mass is 287 g/mol. The van der Waals surface area contributed by atoms with E-state index in [9.17, 15) is 8.42 Å². The average Bonchev–Trinajstić information content (AvgIpc) is 2.83. The Hall–Kier alpha value is -0.810. The molecule has 0 spiro atoms. The molecule has 0 amide bonds. The first kappa shape index (κ1) is 16.2. The molecular weight excluding hydrogens is 262 g/mol. The average molecular weight is 287 g/mol. The number of hydrogen-bond acceptors (Lipinski definition) is 2. The van der Waals surface area contributed by atoms with E-state index in [1.54, 1.807) is 0 Å². The second-order valence-electron chi connectivity index (χ2n) is 5.08. The Labute approximate surface area is 116 Å². The van der Waals surface area contributed by atoms with Crippen LogP contribution in [0.5, 0.6) is 0 Å². The van der Waals surface area contributed by atoms with E-state index in [-0.39, 0.29) is 5.75 Å². The van der Waals surface area contributed by atoms with E-state index in [2.05, 4.69) is 17.2 Å². The van der Waals surface area contributed by atoms with Crippen molar-refractivity contribution in [1.29, 1.82) is 0 Å². The molecule has 1 heterocycles. The third-order valence-corrected chi connectivity index (χ3v) is 4.08. The van der Waals surface area contributed by atoms with Crippen molar-refractivity contribution in [3.63, 3.8) is 0 Å². The number of aromatic amines is 1. The van der Waals surface area contributed by atoms with E-state index in [0.29, 0.717) is 6.42 Å². The molecule has 0 aromatic carbocycles. The molecule has 1 aromatic rings. The smallest absolute Gasteiger partial charge is 0.264 e. The van der Waals surface area contributed by atoms with Crippen LogP contribution in [0.1, 0.15) is 56.9 Å². The number of rotatable bonds is 11. The lowest BCUT2D eigenvalue weighted by atomic mass is 10.1. The summed E-state index contributed by atoms with van der Waals surface area (Å²) < 4.78 is 29.5. The van der Waals surface area contributed by atoms with Crippen molar-refractivity contribution in [1.82, 2.24) is 4.98 Å². The molecule has 0 aliphatic heterocycles. The summed E-state index contributed by atoms with van der Waals surface area (Å²) in [7, 11) is -3.75. The molecule has 0 aliphatic carbocycles. The predicted molar refractivity (Wildman–Crippen MR) is 77.8 cm³/mol. The minimum atomic E-state index is -3.75. The van der Waals surface area contributed by atoms with Crippen LogP contribution in [0, 0.1) is 0 Å². The standard InChI is InChI=1S/C14H25NO3S/c16-19(17,18)12-8-6-4-2-1-3-5-7-9-14-10-11-15-13-14/h10-11,13,15H,1-9,12H2,(H,16,17,18). The first-order valence-electron chi connectivity index (χ1n) is 7.15. The fourth-order valence-corrected chi connectivity index (χ4v) is 2.76. The van der Waals surface area contributed by atoms with Crippen LogP contribution in [0.4, 0.5) is 0 Å². The lowest BCUT2D eigenvalue weighted by Gasteiger charge is -2.01. The summed E-state index contributed by atoms with van der Waals surface area (Å²) in [5, 5.41) is 0. The van der Waals surface area contributed by atoms with Crippen molar-refractivity contribution in [3.8, 4) is 0 Å². The lowest BCUT2D eigenvalue weighted by Crippen LogP contribution is -2.03. The van der Waals surface area contributed by atoms with E-state index < -0.39 is 10.1 Å². The fourth-order valence-electron chi connectivity index (χ4n) is 2.19. The van der Waals surface area contributed by atoms with E-state index in [4.69, 9.17) is 4.55 Å². The molecule has 19 heavy (non-hydrogen) atoms. The van der Waals surface area contributed by atoms with Gasteiger partial charge in [0.1, 0.15) is 0 Å². The number of aromatic nitrogens is 1. The number of hydrogen-bond donors (Lipinski definition) is 2. The first-order valence-corrected chi connectivity index (χ1v) is 8.76. The van der Waals surface area contributed by atoms with Crippen LogP contribution < -0.4 is 0 Å². The molecule has 0 radical (unpaired) electrons. The Morgan fingerprint density at radius 2 is 1.53 bits per heavy atom. The van der Waals surface area contributed by atoms with Gasteiger partial charge in [-0.05, 0) is 30.9 Å². The minimum absolute atomic E-state index is 0.0936. The highest BCUT2D eigenvalue weighted by Crippen LogP contribution is 2.11. The van der Waals surface area contributed by atoms with Gasteiger partial charge in [-0.3, -0.25) is 4.55 Å². The Balaban J connectivity index is 1.81. The summed E-state index contributed by atoms with van der Waals surface area (Å²) in [6.07, 6.45) is 13.8. The summed E-state index contributed by atoms with van der Waals surface area (Å²) in [5.74, 6) is -0.0936. The van der Waals surface area contributed by atoms with Crippen LogP contribution in [0.25, 0.3) is 0 Å². The van der Waals surface area contributed by atoms with Gasteiger partial charge in [0, 0.05) is 12.4 Å². The van der Waals surface area contributed by atoms with Gasteiger partial charge in [0.25, 0.3) is 10.1 Å². The molecule has 0 unspecified atom stereocenters. The molecule has 2 N–H and O–H groups in total. The number of nitrogens with one attached hydrogen (secondary N) is 1. The molecule has 0 saturated carbocycles. The summed E-state index contributed by atoms with van der Waals surface area (Å²) in [6, 6.07) is 2.12. The SMILES string of the molecule is O=S(=O)(O)CCCCCCCCCCc1cc[nH]c1. The molecule has 0 fully saturated rings. The van der Waals surface area contributed by atoms with E-state index in [0.717, 1.165) is 25.7 Å². The van der Waals surface area contributed by atoms with Gasteiger partial charge in [-0.2, -0.15) is 8.42 Å². The molecule has 0 aliphatic rings. The summed E-state index contributed by atoms with van der Waals surface area (Å²) in [5.41, 5.74) is 1.38. The Kier molecular flexibility index (Phi) is 7.82. The highest BCUT2D eigenvalue weighted by Gasteiger charge is 2.02. The Bertz CT molecular complexity index is 412. The van der Waals surface area contributed by atoms with Crippen LogP contribution in [-0.2, 0) is 16.5 Å². The molecular formula is C14H25NO3S. The van der Waals surface area contributed by atoms with Gasteiger partial charge >= 0.3 is 0 Å². The second kappa shape index (κ2) is 9.15. The van der Waals surface area contributed by atoms with Crippen molar-refractivity contribution in [2.45, 2.75) is 57.8 Å². The molecule has 4 nitrogen and oxygen atoms in total. The van der Waals surface area contributed by atoms with Crippen LogP contribution in [0.15, 0.2) is 18.5 Å². The maximum Gasteiger partial charge on any atom is 0.264 e. The van der Waals surface area contributed by atoms with Gasteiger partial charge in [-0.15, -0.1) is 0 Å². The number of H-pyrrole nitrogens is 1. The predicted octanol–water partition coefficient (Wildman–Crippen LogP) is 3.57. The normalized spacial score (nSPS) is 11.8. The van der Waals surface area contributed by atoms with Gasteiger partial charge in [-0.1, -0.05) is 38.5 Å². The zero-order valence-corrected chi connectivity index (χ0v) is 12.3. The zero-order chi connectivity index (χ0) is 14.0. The van der Waals surface area contributed by atoms with Crippen molar-refractivity contribution in [3.05, 3.63) is 24.0 Å². The van der Waals surface area contributed by atoms with Crippen molar-refractivity contribution >= 4 is 10.1 Å². The lowest BCUT2D eigenvalue weighted by molar-refractivity contribution is 0.478. The van der Waals surface area contributed by atoms with E-state index in [1.807, 2.05) is 6.20 Å². The van der Waals surface area contributed by atoms with Crippen molar-refractivity contribution in [2.75, 3.05) is 5.75 Å². The number of unbranched alkanes of at least 4 members (excludes halogenated alkanes) is 7. The van der Waals surface area contributed by atoms with E-state index in [1.165, 1.54) is 31.2 Å².